The van der Waals surface area contributed by atoms with Crippen LogP contribution in [0.1, 0.15) is 42.0 Å². The number of nitrogens with zero attached hydrogens (tertiary/aromatic N) is 2. The van der Waals surface area contributed by atoms with Gasteiger partial charge < -0.3 is 15.6 Å². The average molecular weight is 397 g/mol. The van der Waals surface area contributed by atoms with Gasteiger partial charge in [-0.3, -0.25) is 4.79 Å². The second-order valence-electron chi connectivity index (χ2n) is 7.33. The van der Waals surface area contributed by atoms with Gasteiger partial charge >= 0.3 is 0 Å². The molecule has 0 aliphatic carbocycles. The van der Waals surface area contributed by atoms with Gasteiger partial charge in [0.2, 0.25) is 0 Å². The number of aryl methyl sites for hydroxylation is 1. The molecule has 1 fully saturated rings. The van der Waals surface area contributed by atoms with Gasteiger partial charge in [0.1, 0.15) is 5.84 Å². The fraction of sp³-hybridized carbons (Fsp3) is 0.364. The van der Waals surface area contributed by atoms with Crippen LogP contribution in [0.25, 0.3) is 5.70 Å². The Balaban J connectivity index is 1.90. The van der Waals surface area contributed by atoms with E-state index in [1.165, 1.54) is 0 Å². The molecule has 0 radical (unpaired) electrons. The molecule has 2 heterocycles. The third kappa shape index (κ3) is 4.33. The molecule has 1 saturated heterocycles. The Kier molecular flexibility index (Phi) is 6.29. The zero-order valence-corrected chi connectivity index (χ0v) is 17.6. The highest BCUT2D eigenvalue weighted by Gasteiger charge is 2.16. The first-order valence-electron chi connectivity index (χ1n) is 9.57. The summed E-state index contributed by atoms with van der Waals surface area (Å²) in [4.78, 5) is 21.9. The SMILES string of the molecule is C=C(c1ccc(N=C(N)c2c(C(C)C)cc[nH]c2=O)cc1C)N1CCSCC1. The normalized spacial score (nSPS) is 15.1. The maximum atomic E-state index is 12.3. The molecule has 1 aliphatic rings. The van der Waals surface area contributed by atoms with E-state index in [0.29, 0.717) is 5.56 Å². The zero-order chi connectivity index (χ0) is 20.3. The van der Waals surface area contributed by atoms with Gasteiger partial charge in [0.25, 0.3) is 5.56 Å². The van der Waals surface area contributed by atoms with Gasteiger partial charge in [-0.05, 0) is 42.2 Å². The van der Waals surface area contributed by atoms with E-state index in [1.807, 2.05) is 49.9 Å². The number of benzene rings is 1. The van der Waals surface area contributed by atoms with Crippen molar-refractivity contribution in [3.05, 3.63) is 69.6 Å². The Bertz CT molecular complexity index is 955. The molecule has 5 nitrogen and oxygen atoms in total. The molecule has 1 aromatic carbocycles. The van der Waals surface area contributed by atoms with Crippen molar-refractivity contribution in [2.45, 2.75) is 26.7 Å². The minimum Gasteiger partial charge on any atom is -0.383 e. The maximum Gasteiger partial charge on any atom is 0.259 e. The number of aromatic nitrogens is 1. The number of H-pyrrole nitrogens is 1. The largest absolute Gasteiger partial charge is 0.383 e. The lowest BCUT2D eigenvalue weighted by atomic mass is 9.98. The standard InChI is InChI=1S/C22H28N4OS/c1-14(2)18-7-8-24-22(27)20(18)21(23)25-17-5-6-19(15(3)13-17)16(4)26-9-11-28-12-10-26/h5-8,13-14H,4,9-12H2,1-3H3,(H2,23,25)(H,24,27). The molecule has 0 amide bonds. The van der Waals surface area contributed by atoms with Gasteiger partial charge in [-0.1, -0.05) is 26.5 Å². The van der Waals surface area contributed by atoms with Crippen LogP contribution in [0.5, 0.6) is 0 Å². The van der Waals surface area contributed by atoms with Crippen molar-refractivity contribution in [3.63, 3.8) is 0 Å². The molecule has 0 unspecified atom stereocenters. The fourth-order valence-corrected chi connectivity index (χ4v) is 4.38. The Hall–Kier alpha value is -2.47. The third-order valence-corrected chi connectivity index (χ3v) is 5.98. The van der Waals surface area contributed by atoms with Crippen LogP contribution in [0.2, 0.25) is 0 Å². The van der Waals surface area contributed by atoms with Crippen molar-refractivity contribution in [3.8, 4) is 0 Å². The summed E-state index contributed by atoms with van der Waals surface area (Å²) in [6, 6.07) is 7.87. The number of aromatic amines is 1. The van der Waals surface area contributed by atoms with Crippen LogP contribution in [0.4, 0.5) is 5.69 Å². The van der Waals surface area contributed by atoms with Crippen molar-refractivity contribution < 1.29 is 0 Å². The molecule has 6 heteroatoms. The highest BCUT2D eigenvalue weighted by Crippen LogP contribution is 2.27. The molecule has 148 valence electrons. The zero-order valence-electron chi connectivity index (χ0n) is 16.8. The highest BCUT2D eigenvalue weighted by molar-refractivity contribution is 7.99. The van der Waals surface area contributed by atoms with Gasteiger partial charge in [-0.25, -0.2) is 4.99 Å². The van der Waals surface area contributed by atoms with Gasteiger partial charge in [-0.15, -0.1) is 0 Å². The van der Waals surface area contributed by atoms with Gasteiger partial charge in [0, 0.05) is 42.1 Å². The number of rotatable bonds is 5. The molecule has 0 spiro atoms. The molecule has 3 N–H and O–H groups in total. The van der Waals surface area contributed by atoms with Crippen molar-refractivity contribution in [2.24, 2.45) is 10.7 Å². The Morgan fingerprint density at radius 1 is 1.29 bits per heavy atom. The highest BCUT2D eigenvalue weighted by atomic mass is 32.2. The Morgan fingerprint density at radius 2 is 2.00 bits per heavy atom. The third-order valence-electron chi connectivity index (χ3n) is 5.03. The first-order valence-corrected chi connectivity index (χ1v) is 10.7. The quantitative estimate of drug-likeness (QED) is 0.594. The Morgan fingerprint density at radius 3 is 2.64 bits per heavy atom. The number of hydrogen-bond acceptors (Lipinski definition) is 4. The van der Waals surface area contributed by atoms with E-state index < -0.39 is 0 Å². The minimum atomic E-state index is -0.211. The number of amidine groups is 1. The molecule has 1 aliphatic heterocycles. The van der Waals surface area contributed by atoms with Crippen molar-refractivity contribution >= 4 is 29.0 Å². The summed E-state index contributed by atoms with van der Waals surface area (Å²) in [5.74, 6) is 2.70. The molecule has 0 bridgehead atoms. The fourth-order valence-electron chi connectivity index (χ4n) is 3.48. The van der Waals surface area contributed by atoms with Gasteiger partial charge in [0.05, 0.1) is 11.3 Å². The smallest absolute Gasteiger partial charge is 0.259 e. The predicted molar refractivity (Wildman–Crippen MR) is 121 cm³/mol. The van der Waals surface area contributed by atoms with Crippen LogP contribution in [-0.2, 0) is 0 Å². The summed E-state index contributed by atoms with van der Waals surface area (Å²) in [7, 11) is 0. The van der Waals surface area contributed by atoms with Crippen molar-refractivity contribution in [1.29, 1.82) is 0 Å². The van der Waals surface area contributed by atoms with Crippen LogP contribution in [-0.4, -0.2) is 40.3 Å². The van der Waals surface area contributed by atoms with E-state index in [2.05, 4.69) is 28.4 Å². The topological polar surface area (TPSA) is 74.5 Å². The lowest BCUT2D eigenvalue weighted by molar-refractivity contribution is 0.440. The van der Waals surface area contributed by atoms with E-state index >= 15 is 0 Å². The average Bonchev–Trinajstić information content (AvgIpc) is 2.68. The minimum absolute atomic E-state index is 0.182. The van der Waals surface area contributed by atoms with Crippen LogP contribution in [0, 0.1) is 6.92 Å². The van der Waals surface area contributed by atoms with Crippen molar-refractivity contribution in [2.75, 3.05) is 24.6 Å². The lowest BCUT2D eigenvalue weighted by Gasteiger charge is -2.31. The summed E-state index contributed by atoms with van der Waals surface area (Å²) < 4.78 is 0. The monoisotopic (exact) mass is 396 g/mol. The number of thioether (sulfide) groups is 1. The Labute approximate surface area is 170 Å². The number of nitrogens with two attached hydrogens (primary N) is 1. The first-order chi connectivity index (χ1) is 13.4. The van der Waals surface area contributed by atoms with Crippen LogP contribution in [0.15, 0.2) is 46.8 Å². The molecule has 1 aromatic heterocycles. The van der Waals surface area contributed by atoms with Crippen molar-refractivity contribution in [1.82, 2.24) is 9.88 Å². The summed E-state index contributed by atoms with van der Waals surface area (Å²) >= 11 is 1.98. The number of aliphatic imine (C=N–C) groups is 1. The molecule has 2 aromatic rings. The first kappa shape index (κ1) is 20.3. The summed E-state index contributed by atoms with van der Waals surface area (Å²) in [6.07, 6.45) is 1.65. The number of pyridine rings is 1. The summed E-state index contributed by atoms with van der Waals surface area (Å²) in [6.45, 7) is 12.5. The van der Waals surface area contributed by atoms with E-state index in [9.17, 15) is 4.79 Å². The lowest BCUT2D eigenvalue weighted by Crippen LogP contribution is -2.30. The van der Waals surface area contributed by atoms with Gasteiger partial charge in [-0.2, -0.15) is 11.8 Å². The predicted octanol–water partition coefficient (Wildman–Crippen LogP) is 3.86. The summed E-state index contributed by atoms with van der Waals surface area (Å²) in [5, 5.41) is 0. The summed E-state index contributed by atoms with van der Waals surface area (Å²) in [5.41, 5.74) is 11.4. The van der Waals surface area contributed by atoms with E-state index in [1.54, 1.807) is 6.20 Å². The molecule has 3 rings (SSSR count). The maximum absolute atomic E-state index is 12.3. The molecule has 28 heavy (non-hydrogen) atoms. The number of hydrogen-bond donors (Lipinski definition) is 2. The van der Waals surface area contributed by atoms with E-state index in [-0.39, 0.29) is 17.3 Å². The number of nitrogens with one attached hydrogen (secondary N) is 1. The van der Waals surface area contributed by atoms with Crippen LogP contribution >= 0.6 is 11.8 Å². The van der Waals surface area contributed by atoms with Crippen LogP contribution in [0.3, 0.4) is 0 Å². The second kappa shape index (κ2) is 8.69. The van der Waals surface area contributed by atoms with Gasteiger partial charge in [0.15, 0.2) is 0 Å². The van der Waals surface area contributed by atoms with Crippen LogP contribution < -0.4 is 11.3 Å². The van der Waals surface area contributed by atoms with E-state index in [4.69, 9.17) is 5.73 Å². The second-order valence-corrected chi connectivity index (χ2v) is 8.56. The molecule has 0 atom stereocenters. The van der Waals surface area contributed by atoms with E-state index in [0.717, 1.165) is 52.7 Å². The molecule has 0 saturated carbocycles. The molecular weight excluding hydrogens is 368 g/mol. The molecular formula is C22H28N4OS.